The fourth-order valence-corrected chi connectivity index (χ4v) is 3.90. The predicted octanol–water partition coefficient (Wildman–Crippen LogP) is 3.36. The van der Waals surface area contributed by atoms with E-state index in [0.717, 1.165) is 16.7 Å². The number of nitrogens with one attached hydrogen (secondary N) is 1. The van der Waals surface area contributed by atoms with Crippen LogP contribution in [0.5, 0.6) is 5.75 Å². The van der Waals surface area contributed by atoms with E-state index < -0.39 is 16.0 Å². The second kappa shape index (κ2) is 9.21. The molecule has 0 spiro atoms. The van der Waals surface area contributed by atoms with E-state index >= 15 is 0 Å². The van der Waals surface area contributed by atoms with E-state index in [0.29, 0.717) is 16.8 Å². The van der Waals surface area contributed by atoms with Gasteiger partial charge in [-0.2, -0.15) is 0 Å². The molecule has 3 rings (SSSR count). The van der Waals surface area contributed by atoms with Crippen molar-refractivity contribution in [1.82, 2.24) is 0 Å². The highest BCUT2D eigenvalue weighted by atomic mass is 32.2. The van der Waals surface area contributed by atoms with Crippen molar-refractivity contribution in [3.05, 3.63) is 77.4 Å². The average molecular weight is 455 g/mol. The Morgan fingerprint density at radius 1 is 0.906 bits per heavy atom. The second-order valence-corrected chi connectivity index (χ2v) is 8.49. The molecule has 0 aliphatic rings. The molecule has 0 fully saturated rings. The molecule has 3 aromatic rings. The predicted molar refractivity (Wildman–Crippen MR) is 120 cm³/mol. The van der Waals surface area contributed by atoms with Crippen molar-refractivity contribution < 1.29 is 27.5 Å². The number of esters is 1. The van der Waals surface area contributed by atoms with Gasteiger partial charge < -0.3 is 14.8 Å². The van der Waals surface area contributed by atoms with Gasteiger partial charge in [-0.1, -0.05) is 18.2 Å². The summed E-state index contributed by atoms with van der Waals surface area (Å²) in [5.41, 5.74) is 3.94. The summed E-state index contributed by atoms with van der Waals surface area (Å²) in [5, 5.41) is 7.86. The standard InChI is InChI=1S/C23H22N2O6S/c1-14-12-17(23(27)31-3)8-10-19(14)15-4-6-16(7-5-15)22(26)25-18-9-11-21(32(24,28)29)20(13-18)30-2/h4-13H,1-3H3,(H,25,26)(H2,24,28,29). The first kappa shape index (κ1) is 23.0. The molecule has 0 aromatic heterocycles. The van der Waals surface area contributed by atoms with Gasteiger partial charge in [0.05, 0.1) is 19.8 Å². The first-order valence-corrected chi connectivity index (χ1v) is 11.0. The molecular weight excluding hydrogens is 432 g/mol. The SMILES string of the molecule is COC(=O)c1ccc(-c2ccc(C(=O)Nc3ccc(S(N)(=O)=O)c(OC)c3)cc2)c(C)c1. The van der Waals surface area contributed by atoms with Crippen LogP contribution in [0.2, 0.25) is 0 Å². The molecule has 8 nitrogen and oxygen atoms in total. The number of carbonyl (C=O) groups excluding carboxylic acids is 2. The Morgan fingerprint density at radius 3 is 2.12 bits per heavy atom. The van der Waals surface area contributed by atoms with Crippen LogP contribution in [0.25, 0.3) is 11.1 Å². The fraction of sp³-hybridized carbons (Fsp3) is 0.130. The zero-order valence-corrected chi connectivity index (χ0v) is 18.5. The third-order valence-corrected chi connectivity index (χ3v) is 5.78. The number of carbonyl (C=O) groups is 2. The van der Waals surface area contributed by atoms with Crippen molar-refractivity contribution in [2.45, 2.75) is 11.8 Å². The van der Waals surface area contributed by atoms with Crippen LogP contribution in [0.1, 0.15) is 26.3 Å². The van der Waals surface area contributed by atoms with Crippen LogP contribution in [-0.4, -0.2) is 34.5 Å². The molecule has 3 N–H and O–H groups in total. The number of aryl methyl sites for hydroxylation is 1. The largest absolute Gasteiger partial charge is 0.495 e. The smallest absolute Gasteiger partial charge is 0.337 e. The Labute approximate surface area is 186 Å². The monoisotopic (exact) mass is 454 g/mol. The van der Waals surface area contributed by atoms with E-state index in [1.54, 1.807) is 36.4 Å². The minimum absolute atomic E-state index is 0.0338. The van der Waals surface area contributed by atoms with E-state index in [1.165, 1.54) is 32.4 Å². The lowest BCUT2D eigenvalue weighted by molar-refractivity contribution is 0.0600. The Kier molecular flexibility index (Phi) is 6.61. The van der Waals surface area contributed by atoms with Gasteiger partial charge in [0.1, 0.15) is 10.6 Å². The van der Waals surface area contributed by atoms with Gasteiger partial charge in [0, 0.05) is 17.3 Å². The lowest BCUT2D eigenvalue weighted by Gasteiger charge is -2.11. The Hall–Kier alpha value is -3.69. The molecule has 0 radical (unpaired) electrons. The quantitative estimate of drug-likeness (QED) is 0.550. The van der Waals surface area contributed by atoms with Crippen molar-refractivity contribution in [2.24, 2.45) is 5.14 Å². The lowest BCUT2D eigenvalue weighted by Crippen LogP contribution is -2.15. The van der Waals surface area contributed by atoms with E-state index in [9.17, 15) is 18.0 Å². The third kappa shape index (κ3) is 4.96. The highest BCUT2D eigenvalue weighted by Crippen LogP contribution is 2.28. The van der Waals surface area contributed by atoms with Gasteiger partial charge in [0.25, 0.3) is 5.91 Å². The van der Waals surface area contributed by atoms with Gasteiger partial charge in [0.2, 0.25) is 10.0 Å². The number of hydrogen-bond donors (Lipinski definition) is 2. The molecule has 0 saturated carbocycles. The van der Waals surface area contributed by atoms with Gasteiger partial charge in [-0.3, -0.25) is 4.79 Å². The van der Waals surface area contributed by atoms with Gasteiger partial charge in [0.15, 0.2) is 0 Å². The van der Waals surface area contributed by atoms with Crippen molar-refractivity contribution in [2.75, 3.05) is 19.5 Å². The Balaban J connectivity index is 1.80. The maximum atomic E-state index is 12.6. The molecule has 3 aromatic carbocycles. The number of benzene rings is 3. The van der Waals surface area contributed by atoms with Gasteiger partial charge in [-0.05, 0) is 60.0 Å². The number of sulfonamides is 1. The molecule has 166 valence electrons. The topological polar surface area (TPSA) is 125 Å². The minimum Gasteiger partial charge on any atom is -0.495 e. The highest BCUT2D eigenvalue weighted by molar-refractivity contribution is 7.89. The van der Waals surface area contributed by atoms with Crippen LogP contribution in [0, 0.1) is 6.92 Å². The Bertz CT molecular complexity index is 1280. The minimum atomic E-state index is -3.95. The van der Waals surface area contributed by atoms with Crippen LogP contribution in [0.15, 0.2) is 65.6 Å². The molecule has 32 heavy (non-hydrogen) atoms. The van der Waals surface area contributed by atoms with Gasteiger partial charge in [-0.25, -0.2) is 18.4 Å². The number of amides is 1. The summed E-state index contributed by atoms with van der Waals surface area (Å²) in [4.78, 5) is 24.1. The van der Waals surface area contributed by atoms with Crippen molar-refractivity contribution in [1.29, 1.82) is 0 Å². The second-order valence-electron chi connectivity index (χ2n) is 6.96. The number of rotatable bonds is 6. The molecule has 0 aliphatic carbocycles. The molecule has 0 atom stereocenters. The number of primary sulfonamides is 1. The zero-order chi connectivity index (χ0) is 23.5. The van der Waals surface area contributed by atoms with E-state index in [2.05, 4.69) is 5.32 Å². The molecule has 9 heteroatoms. The van der Waals surface area contributed by atoms with Crippen molar-refractivity contribution in [3.8, 4) is 16.9 Å². The molecule has 0 unspecified atom stereocenters. The molecule has 0 aliphatic heterocycles. The maximum Gasteiger partial charge on any atom is 0.337 e. The van der Waals surface area contributed by atoms with Crippen molar-refractivity contribution in [3.63, 3.8) is 0 Å². The number of ether oxygens (including phenoxy) is 2. The van der Waals surface area contributed by atoms with Crippen LogP contribution in [0.3, 0.4) is 0 Å². The third-order valence-electron chi connectivity index (χ3n) is 4.83. The summed E-state index contributed by atoms with van der Waals surface area (Å²) in [6.07, 6.45) is 0. The van der Waals surface area contributed by atoms with E-state index in [-0.39, 0.29) is 16.6 Å². The van der Waals surface area contributed by atoms with Crippen molar-refractivity contribution >= 4 is 27.6 Å². The Morgan fingerprint density at radius 2 is 1.56 bits per heavy atom. The van der Waals surface area contributed by atoms with Crippen LogP contribution >= 0.6 is 0 Å². The number of hydrogen-bond acceptors (Lipinski definition) is 6. The summed E-state index contributed by atoms with van der Waals surface area (Å²) in [7, 11) is -1.30. The normalized spacial score (nSPS) is 11.0. The average Bonchev–Trinajstić information content (AvgIpc) is 2.77. The number of nitrogens with two attached hydrogens (primary N) is 1. The molecule has 1 amide bonds. The molecule has 0 heterocycles. The first-order valence-electron chi connectivity index (χ1n) is 9.45. The summed E-state index contributed by atoms with van der Waals surface area (Å²) in [6.45, 7) is 1.89. The summed E-state index contributed by atoms with van der Waals surface area (Å²) >= 11 is 0. The number of methoxy groups -OCH3 is 2. The van der Waals surface area contributed by atoms with Crippen LogP contribution in [0.4, 0.5) is 5.69 Å². The lowest BCUT2D eigenvalue weighted by atomic mass is 9.97. The number of anilines is 1. The van der Waals surface area contributed by atoms with E-state index in [1.807, 2.05) is 13.0 Å². The summed E-state index contributed by atoms with van der Waals surface area (Å²) in [5.74, 6) is -0.744. The van der Waals surface area contributed by atoms with Crippen LogP contribution < -0.4 is 15.2 Å². The van der Waals surface area contributed by atoms with E-state index in [4.69, 9.17) is 14.6 Å². The van der Waals surface area contributed by atoms with Gasteiger partial charge >= 0.3 is 5.97 Å². The highest BCUT2D eigenvalue weighted by Gasteiger charge is 2.16. The van der Waals surface area contributed by atoms with Gasteiger partial charge in [-0.15, -0.1) is 0 Å². The summed E-state index contributed by atoms with van der Waals surface area (Å²) < 4.78 is 33.0. The molecule has 0 bridgehead atoms. The molecule has 0 saturated heterocycles. The van der Waals surface area contributed by atoms with Crippen LogP contribution in [-0.2, 0) is 14.8 Å². The maximum absolute atomic E-state index is 12.6. The first-order chi connectivity index (χ1) is 15.1. The summed E-state index contributed by atoms with van der Waals surface area (Å²) in [6, 6.07) is 16.3. The zero-order valence-electron chi connectivity index (χ0n) is 17.7. The molecular formula is C23H22N2O6S. The fourth-order valence-electron chi connectivity index (χ4n) is 3.22.